The smallest absolute Gasteiger partial charge is 0.255 e. The van der Waals surface area contributed by atoms with E-state index in [2.05, 4.69) is 15.8 Å². The molecule has 0 unspecified atom stereocenters. The second kappa shape index (κ2) is 8.55. The van der Waals surface area contributed by atoms with Crippen LogP contribution in [-0.4, -0.2) is 17.0 Å². The number of carbonyl (C=O) groups is 2. The molecule has 2 amide bonds. The summed E-state index contributed by atoms with van der Waals surface area (Å²) in [5.41, 5.74) is 2.22. The van der Waals surface area contributed by atoms with E-state index >= 15 is 0 Å². The molecule has 2 aromatic carbocycles. The molecule has 0 aliphatic rings. The molecule has 0 radical (unpaired) electrons. The number of aromatic nitrogens is 1. The summed E-state index contributed by atoms with van der Waals surface area (Å²) in [6, 6.07) is 10.5. The Balaban J connectivity index is 1.72. The molecule has 29 heavy (non-hydrogen) atoms. The average molecular weight is 397 g/mol. The van der Waals surface area contributed by atoms with Crippen LogP contribution < -0.4 is 15.4 Å². The quantitative estimate of drug-likeness (QED) is 0.650. The van der Waals surface area contributed by atoms with Crippen molar-refractivity contribution in [2.45, 2.75) is 27.4 Å². The highest BCUT2D eigenvalue weighted by atomic mass is 19.1. The van der Waals surface area contributed by atoms with Crippen molar-refractivity contribution in [3.05, 3.63) is 70.9 Å². The summed E-state index contributed by atoms with van der Waals surface area (Å²) in [5, 5.41) is 8.93. The summed E-state index contributed by atoms with van der Waals surface area (Å²) >= 11 is 0. The van der Waals surface area contributed by atoms with Gasteiger partial charge in [0.05, 0.1) is 16.9 Å². The largest absolute Gasteiger partial charge is 0.489 e. The van der Waals surface area contributed by atoms with Gasteiger partial charge < -0.3 is 19.9 Å². The first kappa shape index (κ1) is 20.1. The third-order valence-corrected chi connectivity index (χ3v) is 4.20. The maximum absolute atomic E-state index is 14.0. The fourth-order valence-corrected chi connectivity index (χ4v) is 2.69. The first-order valence-electron chi connectivity index (χ1n) is 8.86. The molecule has 8 heteroatoms. The molecule has 0 fully saturated rings. The van der Waals surface area contributed by atoms with E-state index in [0.29, 0.717) is 22.8 Å². The molecule has 2 N–H and O–H groups in total. The van der Waals surface area contributed by atoms with Crippen LogP contribution in [0.25, 0.3) is 0 Å². The number of ether oxygens (including phenoxy) is 1. The minimum absolute atomic E-state index is 0.0386. The number of benzene rings is 2. The van der Waals surface area contributed by atoms with Gasteiger partial charge in [-0.05, 0) is 50.2 Å². The lowest BCUT2D eigenvalue weighted by molar-refractivity contribution is -0.114. The highest BCUT2D eigenvalue weighted by Crippen LogP contribution is 2.22. The molecule has 3 rings (SSSR count). The van der Waals surface area contributed by atoms with E-state index in [1.165, 1.54) is 25.1 Å². The molecule has 0 spiro atoms. The molecule has 0 bridgehead atoms. The number of hydrogen-bond acceptors (Lipinski definition) is 5. The molecular formula is C21H20FN3O4. The van der Waals surface area contributed by atoms with E-state index < -0.39 is 11.7 Å². The van der Waals surface area contributed by atoms with Gasteiger partial charge >= 0.3 is 0 Å². The van der Waals surface area contributed by atoms with E-state index in [4.69, 9.17) is 9.26 Å². The summed E-state index contributed by atoms with van der Waals surface area (Å²) < 4.78 is 24.9. The van der Waals surface area contributed by atoms with Crippen LogP contribution in [0, 0.1) is 19.7 Å². The van der Waals surface area contributed by atoms with Crippen molar-refractivity contribution in [3.8, 4) is 5.75 Å². The lowest BCUT2D eigenvalue weighted by Crippen LogP contribution is -2.14. The average Bonchev–Trinajstić information content (AvgIpc) is 3.00. The van der Waals surface area contributed by atoms with Gasteiger partial charge in [-0.3, -0.25) is 9.59 Å². The number of aryl methyl sites for hydroxylation is 2. The highest BCUT2D eigenvalue weighted by molar-refractivity contribution is 6.05. The first-order chi connectivity index (χ1) is 13.8. The van der Waals surface area contributed by atoms with Crippen LogP contribution in [-0.2, 0) is 11.4 Å². The van der Waals surface area contributed by atoms with Crippen molar-refractivity contribution in [2.75, 3.05) is 10.6 Å². The predicted molar refractivity (Wildman–Crippen MR) is 105 cm³/mol. The molecule has 150 valence electrons. The predicted octanol–water partition coefficient (Wildman–Crippen LogP) is 4.22. The van der Waals surface area contributed by atoms with E-state index in [-0.39, 0.29) is 18.2 Å². The van der Waals surface area contributed by atoms with Crippen LogP contribution in [0.2, 0.25) is 0 Å². The topological polar surface area (TPSA) is 93.5 Å². The van der Waals surface area contributed by atoms with Crippen molar-refractivity contribution < 1.29 is 23.2 Å². The summed E-state index contributed by atoms with van der Waals surface area (Å²) in [5.74, 6) is -0.266. The first-order valence-corrected chi connectivity index (χ1v) is 8.86. The highest BCUT2D eigenvalue weighted by Gasteiger charge is 2.13. The Hall–Kier alpha value is -3.68. The van der Waals surface area contributed by atoms with Crippen LogP contribution in [0.15, 0.2) is 47.0 Å². The Labute approximate surface area is 166 Å². The molecule has 1 aromatic heterocycles. The zero-order valence-electron chi connectivity index (χ0n) is 16.2. The van der Waals surface area contributed by atoms with E-state index in [1.54, 1.807) is 31.2 Å². The maximum atomic E-state index is 14.0. The normalized spacial score (nSPS) is 10.5. The lowest BCUT2D eigenvalue weighted by Gasteiger charge is -2.11. The minimum atomic E-state index is -0.613. The van der Waals surface area contributed by atoms with Crippen LogP contribution in [0.4, 0.5) is 15.8 Å². The van der Waals surface area contributed by atoms with Crippen LogP contribution in [0.5, 0.6) is 5.75 Å². The molecule has 0 aliphatic carbocycles. The number of anilines is 2. The monoisotopic (exact) mass is 397 g/mol. The Morgan fingerprint density at radius 3 is 2.62 bits per heavy atom. The molecular weight excluding hydrogens is 377 g/mol. The molecule has 0 atom stereocenters. The Morgan fingerprint density at radius 2 is 1.93 bits per heavy atom. The molecule has 7 nitrogen and oxygen atoms in total. The van der Waals surface area contributed by atoms with Gasteiger partial charge in [0, 0.05) is 18.2 Å². The molecule has 0 saturated heterocycles. The molecule has 0 saturated carbocycles. The lowest BCUT2D eigenvalue weighted by atomic mass is 10.2. The third-order valence-electron chi connectivity index (χ3n) is 4.20. The van der Waals surface area contributed by atoms with E-state index in [9.17, 15) is 14.0 Å². The molecule has 0 aliphatic heterocycles. The maximum Gasteiger partial charge on any atom is 0.255 e. The summed E-state index contributed by atoms with van der Waals surface area (Å²) in [7, 11) is 0. The zero-order valence-corrected chi connectivity index (χ0v) is 16.2. The van der Waals surface area contributed by atoms with Crippen molar-refractivity contribution in [2.24, 2.45) is 0 Å². The van der Waals surface area contributed by atoms with Gasteiger partial charge in [-0.25, -0.2) is 4.39 Å². The molecule has 1 heterocycles. The van der Waals surface area contributed by atoms with Gasteiger partial charge in [0.2, 0.25) is 5.91 Å². The van der Waals surface area contributed by atoms with Gasteiger partial charge in [0.25, 0.3) is 5.91 Å². The molecule has 3 aromatic rings. The standard InChI is InChI=1S/C21H20FN3O4/c1-12-18(13(2)29-25-12)11-28-17-6-4-5-15(9-17)21(27)24-20-10-16(23-14(3)26)7-8-19(20)22/h4-10H,11H2,1-3H3,(H,23,26)(H,24,27). The Kier molecular flexibility index (Phi) is 5.92. The minimum Gasteiger partial charge on any atom is -0.489 e. The van der Waals surface area contributed by atoms with Crippen LogP contribution in [0.1, 0.15) is 34.3 Å². The number of hydrogen-bond donors (Lipinski definition) is 2. The fraction of sp³-hybridized carbons (Fsp3) is 0.190. The van der Waals surface area contributed by atoms with Gasteiger partial charge in [-0.1, -0.05) is 11.2 Å². The summed E-state index contributed by atoms with van der Waals surface area (Å²) in [4.78, 5) is 23.7. The Bertz CT molecular complexity index is 1040. The second-order valence-electron chi connectivity index (χ2n) is 6.45. The number of halogens is 1. The van der Waals surface area contributed by atoms with E-state index in [0.717, 1.165) is 11.3 Å². The van der Waals surface area contributed by atoms with Gasteiger partial charge in [0.15, 0.2) is 0 Å². The number of amides is 2. The zero-order chi connectivity index (χ0) is 21.0. The van der Waals surface area contributed by atoms with Crippen molar-refractivity contribution >= 4 is 23.2 Å². The number of nitrogens with one attached hydrogen (secondary N) is 2. The third kappa shape index (κ3) is 4.98. The van der Waals surface area contributed by atoms with Crippen LogP contribution >= 0.6 is 0 Å². The van der Waals surface area contributed by atoms with Gasteiger partial charge in [-0.2, -0.15) is 0 Å². The second-order valence-corrected chi connectivity index (χ2v) is 6.45. The summed E-state index contributed by atoms with van der Waals surface area (Å²) in [6.45, 7) is 5.21. The summed E-state index contributed by atoms with van der Waals surface area (Å²) in [6.07, 6.45) is 0. The SMILES string of the molecule is CC(=O)Nc1ccc(F)c(NC(=O)c2cccc(OCc3c(C)noc3C)c2)c1. The number of nitrogens with zero attached hydrogens (tertiary/aromatic N) is 1. The number of rotatable bonds is 6. The van der Waals surface area contributed by atoms with Gasteiger partial charge in [0.1, 0.15) is 23.9 Å². The van der Waals surface area contributed by atoms with Crippen molar-refractivity contribution in [1.29, 1.82) is 0 Å². The van der Waals surface area contributed by atoms with E-state index in [1.807, 2.05) is 6.92 Å². The van der Waals surface area contributed by atoms with Gasteiger partial charge in [-0.15, -0.1) is 0 Å². The fourth-order valence-electron chi connectivity index (χ4n) is 2.69. The van der Waals surface area contributed by atoms with Crippen LogP contribution in [0.3, 0.4) is 0 Å². The number of carbonyl (C=O) groups excluding carboxylic acids is 2. The van der Waals surface area contributed by atoms with Crippen molar-refractivity contribution in [1.82, 2.24) is 5.16 Å². The van der Waals surface area contributed by atoms with Crippen molar-refractivity contribution in [3.63, 3.8) is 0 Å². The Morgan fingerprint density at radius 1 is 1.14 bits per heavy atom.